The lowest BCUT2D eigenvalue weighted by atomic mass is 10.0. The van der Waals surface area contributed by atoms with Crippen LogP contribution in [0.25, 0.3) is 0 Å². The van der Waals surface area contributed by atoms with Gasteiger partial charge in [0.2, 0.25) is 5.91 Å². The van der Waals surface area contributed by atoms with Gasteiger partial charge in [0.1, 0.15) is 6.04 Å². The van der Waals surface area contributed by atoms with Crippen LogP contribution in [0.5, 0.6) is 0 Å². The molecule has 0 spiro atoms. The number of halogens is 1. The summed E-state index contributed by atoms with van der Waals surface area (Å²) in [5, 5.41) is 6.22. The SMILES string of the molecule is COCCCNC(=O)[C@H](Cc1ccccc1)NC(=O)c1ccc(Cl)cc1. The van der Waals surface area contributed by atoms with E-state index in [9.17, 15) is 9.59 Å². The Bertz CT molecular complexity index is 705. The maximum atomic E-state index is 12.5. The van der Waals surface area contributed by atoms with Crippen molar-refractivity contribution in [3.8, 4) is 0 Å². The standard InChI is InChI=1S/C20H23ClN2O3/c1-26-13-5-12-22-20(25)18(14-15-6-3-2-4-7-15)23-19(24)16-8-10-17(21)11-9-16/h2-4,6-11,18H,5,12-14H2,1H3,(H,22,25)(H,23,24)/t18-/m0/s1. The summed E-state index contributed by atoms with van der Waals surface area (Å²) in [7, 11) is 1.62. The fourth-order valence-electron chi connectivity index (χ4n) is 2.45. The minimum Gasteiger partial charge on any atom is -0.385 e. The second-order valence-electron chi connectivity index (χ2n) is 5.86. The van der Waals surface area contributed by atoms with Gasteiger partial charge in [-0.2, -0.15) is 0 Å². The van der Waals surface area contributed by atoms with Gasteiger partial charge in [0, 0.05) is 37.3 Å². The Labute approximate surface area is 158 Å². The van der Waals surface area contributed by atoms with Gasteiger partial charge in [-0.05, 0) is 36.2 Å². The van der Waals surface area contributed by atoms with Crippen molar-refractivity contribution in [3.05, 3.63) is 70.7 Å². The maximum Gasteiger partial charge on any atom is 0.251 e. The van der Waals surface area contributed by atoms with E-state index in [-0.39, 0.29) is 11.8 Å². The van der Waals surface area contributed by atoms with Crippen molar-refractivity contribution in [1.29, 1.82) is 0 Å². The Kier molecular flexibility index (Phi) is 8.12. The van der Waals surface area contributed by atoms with E-state index >= 15 is 0 Å². The van der Waals surface area contributed by atoms with Crippen LogP contribution in [0.15, 0.2) is 54.6 Å². The highest BCUT2D eigenvalue weighted by molar-refractivity contribution is 6.30. The normalized spacial score (nSPS) is 11.6. The van der Waals surface area contributed by atoms with Crippen LogP contribution in [0.1, 0.15) is 22.3 Å². The van der Waals surface area contributed by atoms with Crippen molar-refractivity contribution < 1.29 is 14.3 Å². The minimum absolute atomic E-state index is 0.215. The number of benzene rings is 2. The van der Waals surface area contributed by atoms with Gasteiger partial charge in [-0.25, -0.2) is 0 Å². The number of nitrogens with one attached hydrogen (secondary N) is 2. The van der Waals surface area contributed by atoms with Gasteiger partial charge in [0.25, 0.3) is 5.91 Å². The van der Waals surface area contributed by atoms with Crippen molar-refractivity contribution in [2.45, 2.75) is 18.9 Å². The predicted octanol–water partition coefficient (Wildman–Crippen LogP) is 2.83. The average Bonchev–Trinajstić information content (AvgIpc) is 2.66. The number of amides is 2. The van der Waals surface area contributed by atoms with Gasteiger partial charge in [-0.1, -0.05) is 41.9 Å². The Morgan fingerprint density at radius 2 is 1.77 bits per heavy atom. The number of carbonyl (C=O) groups is 2. The van der Waals surface area contributed by atoms with E-state index in [1.165, 1.54) is 0 Å². The van der Waals surface area contributed by atoms with Crippen molar-refractivity contribution in [1.82, 2.24) is 10.6 Å². The minimum atomic E-state index is -0.664. The molecule has 0 radical (unpaired) electrons. The van der Waals surface area contributed by atoms with E-state index in [0.29, 0.717) is 36.6 Å². The second kappa shape index (κ2) is 10.6. The molecule has 0 aliphatic carbocycles. The quantitative estimate of drug-likeness (QED) is 0.663. The zero-order valence-electron chi connectivity index (χ0n) is 14.7. The molecule has 2 aromatic carbocycles. The highest BCUT2D eigenvalue weighted by Gasteiger charge is 2.21. The van der Waals surface area contributed by atoms with Crippen LogP contribution in [0.4, 0.5) is 0 Å². The molecule has 2 rings (SSSR count). The zero-order chi connectivity index (χ0) is 18.8. The van der Waals surface area contributed by atoms with Crippen molar-refractivity contribution in [2.75, 3.05) is 20.3 Å². The van der Waals surface area contributed by atoms with Crippen molar-refractivity contribution >= 4 is 23.4 Å². The molecule has 26 heavy (non-hydrogen) atoms. The smallest absolute Gasteiger partial charge is 0.251 e. The van der Waals surface area contributed by atoms with Crippen molar-refractivity contribution in [2.24, 2.45) is 0 Å². The monoisotopic (exact) mass is 374 g/mol. The number of rotatable bonds is 9. The van der Waals surface area contributed by atoms with E-state index in [1.54, 1.807) is 31.4 Å². The number of hydrogen-bond donors (Lipinski definition) is 2. The topological polar surface area (TPSA) is 67.4 Å². The summed E-state index contributed by atoms with van der Waals surface area (Å²) in [5.41, 5.74) is 1.43. The molecule has 0 aliphatic rings. The lowest BCUT2D eigenvalue weighted by molar-refractivity contribution is -0.123. The number of carbonyl (C=O) groups excluding carboxylic acids is 2. The first-order valence-electron chi connectivity index (χ1n) is 8.47. The first-order valence-corrected chi connectivity index (χ1v) is 8.85. The maximum absolute atomic E-state index is 12.5. The van der Waals surface area contributed by atoms with Crippen LogP contribution in [-0.4, -0.2) is 38.1 Å². The molecule has 138 valence electrons. The van der Waals surface area contributed by atoms with Gasteiger partial charge >= 0.3 is 0 Å². The second-order valence-corrected chi connectivity index (χ2v) is 6.30. The van der Waals surface area contributed by atoms with Crippen LogP contribution < -0.4 is 10.6 Å². The van der Waals surface area contributed by atoms with Gasteiger partial charge in [0.05, 0.1) is 0 Å². The molecule has 0 fully saturated rings. The fourth-order valence-corrected chi connectivity index (χ4v) is 2.58. The predicted molar refractivity (Wildman–Crippen MR) is 102 cm³/mol. The molecule has 6 heteroatoms. The molecule has 2 N–H and O–H groups in total. The summed E-state index contributed by atoms with van der Waals surface area (Å²) in [4.78, 5) is 25.0. The molecule has 0 saturated heterocycles. The van der Waals surface area contributed by atoms with Gasteiger partial charge in [0.15, 0.2) is 0 Å². The molecular formula is C20H23ClN2O3. The number of ether oxygens (including phenoxy) is 1. The van der Waals surface area contributed by atoms with E-state index < -0.39 is 6.04 Å². The van der Waals surface area contributed by atoms with E-state index in [2.05, 4.69) is 10.6 Å². The molecular weight excluding hydrogens is 352 g/mol. The summed E-state index contributed by atoms with van der Waals surface area (Å²) in [6.45, 7) is 1.07. The Balaban J connectivity index is 2.05. The van der Waals surface area contributed by atoms with Crippen LogP contribution in [0, 0.1) is 0 Å². The summed E-state index contributed by atoms with van der Waals surface area (Å²) in [5.74, 6) is -0.526. The van der Waals surface area contributed by atoms with Crippen LogP contribution in [-0.2, 0) is 16.0 Å². The molecule has 2 amide bonds. The number of methoxy groups -OCH3 is 1. The van der Waals surface area contributed by atoms with Gasteiger partial charge in [-0.3, -0.25) is 9.59 Å². The van der Waals surface area contributed by atoms with Gasteiger partial charge < -0.3 is 15.4 Å². The Morgan fingerprint density at radius 3 is 2.42 bits per heavy atom. The largest absolute Gasteiger partial charge is 0.385 e. The first-order chi connectivity index (χ1) is 12.6. The molecule has 5 nitrogen and oxygen atoms in total. The van der Waals surface area contributed by atoms with Crippen LogP contribution in [0.2, 0.25) is 5.02 Å². The van der Waals surface area contributed by atoms with Crippen molar-refractivity contribution in [3.63, 3.8) is 0 Å². The molecule has 0 bridgehead atoms. The summed E-state index contributed by atoms with van der Waals surface area (Å²) in [6, 6.07) is 15.5. The molecule has 0 saturated carbocycles. The molecule has 0 unspecified atom stereocenters. The van der Waals surface area contributed by atoms with Crippen LogP contribution in [0.3, 0.4) is 0 Å². The van der Waals surface area contributed by atoms with Crippen LogP contribution >= 0.6 is 11.6 Å². The Morgan fingerprint density at radius 1 is 1.08 bits per heavy atom. The Hall–Kier alpha value is -2.37. The third-order valence-electron chi connectivity index (χ3n) is 3.84. The highest BCUT2D eigenvalue weighted by atomic mass is 35.5. The average molecular weight is 375 g/mol. The lowest BCUT2D eigenvalue weighted by Crippen LogP contribution is -2.48. The summed E-state index contributed by atoms with van der Waals surface area (Å²) in [6.07, 6.45) is 1.13. The lowest BCUT2D eigenvalue weighted by Gasteiger charge is -2.19. The molecule has 2 aromatic rings. The third-order valence-corrected chi connectivity index (χ3v) is 4.09. The van der Waals surface area contributed by atoms with E-state index in [0.717, 1.165) is 5.56 Å². The van der Waals surface area contributed by atoms with E-state index in [4.69, 9.17) is 16.3 Å². The molecule has 1 atom stereocenters. The number of hydrogen-bond acceptors (Lipinski definition) is 3. The van der Waals surface area contributed by atoms with Gasteiger partial charge in [-0.15, -0.1) is 0 Å². The molecule has 0 aromatic heterocycles. The first kappa shape index (κ1) is 19.9. The van der Waals surface area contributed by atoms with E-state index in [1.807, 2.05) is 30.3 Å². The molecule has 0 heterocycles. The fraction of sp³-hybridized carbons (Fsp3) is 0.300. The third kappa shape index (κ3) is 6.50. The highest BCUT2D eigenvalue weighted by Crippen LogP contribution is 2.10. The molecule has 0 aliphatic heterocycles. The zero-order valence-corrected chi connectivity index (χ0v) is 15.5. The summed E-state index contributed by atoms with van der Waals surface area (Å²) >= 11 is 5.86. The summed E-state index contributed by atoms with van der Waals surface area (Å²) < 4.78 is 4.98.